The number of nitrogens with zero attached hydrogens (tertiary/aromatic N) is 1. The number of aliphatic hydroxyl groups excluding tert-OH is 2. The molecule has 0 radical (unpaired) electrons. The van der Waals surface area contributed by atoms with Crippen LogP contribution in [-0.4, -0.2) is 52.4 Å². The first-order valence-corrected chi connectivity index (χ1v) is 20.8. The molecule has 4 aromatic carbocycles. The van der Waals surface area contributed by atoms with Gasteiger partial charge in [0.25, 0.3) is 0 Å². The molecule has 1 aliphatic heterocycles. The molecule has 2 aliphatic carbocycles. The second-order valence-electron chi connectivity index (χ2n) is 16.0. The molecule has 1 heterocycles. The first-order chi connectivity index (χ1) is 26.7. The Bertz CT molecular complexity index is 1990. The van der Waals surface area contributed by atoms with Gasteiger partial charge >= 0.3 is 0 Å². The van der Waals surface area contributed by atoms with E-state index >= 15 is 0 Å². The van der Waals surface area contributed by atoms with E-state index in [0.29, 0.717) is 13.0 Å². The van der Waals surface area contributed by atoms with Crippen molar-refractivity contribution in [3.05, 3.63) is 121 Å². The van der Waals surface area contributed by atoms with Crippen LogP contribution in [0.5, 0.6) is 17.2 Å². The Balaban J connectivity index is 1.41. The average Bonchev–Trinajstić information content (AvgIpc) is 3.18. The molecule has 1 saturated carbocycles. The van der Waals surface area contributed by atoms with Crippen molar-refractivity contribution >= 4 is 28.2 Å². The molecule has 7 rings (SSSR count). The van der Waals surface area contributed by atoms with Gasteiger partial charge in [-0.05, 0) is 117 Å². The highest BCUT2D eigenvalue weighted by molar-refractivity contribution is 8.00. The highest BCUT2D eigenvalue weighted by Gasteiger charge is 2.64. The lowest BCUT2D eigenvalue weighted by Crippen LogP contribution is -2.64. The first-order valence-electron chi connectivity index (χ1n) is 19.9. The molecule has 3 aliphatic rings. The lowest BCUT2D eigenvalue weighted by molar-refractivity contribution is -0.223. The van der Waals surface area contributed by atoms with Crippen molar-refractivity contribution in [3.8, 4) is 17.2 Å². The van der Waals surface area contributed by atoms with E-state index in [2.05, 4.69) is 73.3 Å². The molecule has 55 heavy (non-hydrogen) atoms. The van der Waals surface area contributed by atoms with Crippen LogP contribution in [0.25, 0.3) is 10.8 Å². The van der Waals surface area contributed by atoms with E-state index in [1.807, 2.05) is 57.2 Å². The van der Waals surface area contributed by atoms with Crippen LogP contribution in [0.2, 0.25) is 0 Å². The largest absolute Gasteiger partial charge is 0.460 e. The number of thioether (sulfide) groups is 1. The molecule has 8 heteroatoms. The predicted octanol–water partition coefficient (Wildman–Crippen LogP) is 10.9. The van der Waals surface area contributed by atoms with E-state index in [1.165, 1.54) is 0 Å². The summed E-state index contributed by atoms with van der Waals surface area (Å²) in [7, 11) is 0. The third-order valence-corrected chi connectivity index (χ3v) is 12.4. The quantitative estimate of drug-likeness (QED) is 0.0667. The Labute approximate surface area is 330 Å². The zero-order chi connectivity index (χ0) is 38.4. The zero-order valence-electron chi connectivity index (χ0n) is 32.4. The SMILES string of the molecule is C=CCO[C@@]12Oc3ccc(Oc4ccc5ccccc5c4)cc3[C@H]3[C@H](CCCCO)[C@@H](CCCCO)C=C(C(=NOC(C)(C)C)C[C@@H]1Sc1ccccc1)[C@H]32. The van der Waals surface area contributed by atoms with Gasteiger partial charge < -0.3 is 29.3 Å². The molecule has 0 saturated heterocycles. The van der Waals surface area contributed by atoms with Crippen molar-refractivity contribution in [2.75, 3.05) is 19.8 Å². The highest BCUT2D eigenvalue weighted by Crippen LogP contribution is 2.63. The number of rotatable bonds is 16. The summed E-state index contributed by atoms with van der Waals surface area (Å²) in [5.41, 5.74) is 2.65. The molecule has 2 N–H and O–H groups in total. The second-order valence-corrected chi connectivity index (χ2v) is 17.3. The molecule has 7 nitrogen and oxygen atoms in total. The van der Waals surface area contributed by atoms with E-state index in [9.17, 15) is 10.2 Å². The van der Waals surface area contributed by atoms with E-state index in [0.717, 1.165) is 88.3 Å². The summed E-state index contributed by atoms with van der Waals surface area (Å²) in [4.78, 5) is 7.36. The lowest BCUT2D eigenvalue weighted by atomic mass is 9.56. The Kier molecular flexibility index (Phi) is 12.4. The smallest absolute Gasteiger partial charge is 0.231 e. The molecule has 0 spiro atoms. The molecule has 0 aromatic heterocycles. The number of hydrogen-bond acceptors (Lipinski definition) is 8. The van der Waals surface area contributed by atoms with Crippen LogP contribution in [0.3, 0.4) is 0 Å². The molecule has 1 fully saturated rings. The predicted molar refractivity (Wildman–Crippen MR) is 222 cm³/mol. The molecular formula is C47H55NO6S. The summed E-state index contributed by atoms with van der Waals surface area (Å²) in [5, 5.41) is 26.8. The van der Waals surface area contributed by atoms with Gasteiger partial charge in [0, 0.05) is 36.0 Å². The fourth-order valence-electron chi connectivity index (χ4n) is 8.71. The van der Waals surface area contributed by atoms with Crippen molar-refractivity contribution in [1.29, 1.82) is 0 Å². The number of aliphatic hydroxyl groups is 2. The molecule has 0 bridgehead atoms. The number of hydrogen-bond donors (Lipinski definition) is 2. The van der Waals surface area contributed by atoms with Crippen LogP contribution in [-0.2, 0) is 9.57 Å². The number of oxime groups is 1. The van der Waals surface area contributed by atoms with Crippen molar-refractivity contribution < 1.29 is 29.3 Å². The number of allylic oxidation sites excluding steroid dienone is 1. The minimum atomic E-state index is -1.05. The van der Waals surface area contributed by atoms with Crippen LogP contribution in [0.1, 0.15) is 77.2 Å². The van der Waals surface area contributed by atoms with E-state index in [-0.39, 0.29) is 42.1 Å². The maximum atomic E-state index is 9.93. The second kappa shape index (κ2) is 17.4. The van der Waals surface area contributed by atoms with Crippen molar-refractivity contribution in [3.63, 3.8) is 0 Å². The van der Waals surface area contributed by atoms with E-state index in [1.54, 1.807) is 11.8 Å². The van der Waals surface area contributed by atoms with Gasteiger partial charge in [-0.3, -0.25) is 0 Å². The molecule has 0 unspecified atom stereocenters. The fourth-order valence-corrected chi connectivity index (χ4v) is 10.0. The molecular weight excluding hydrogens is 707 g/mol. The topological polar surface area (TPSA) is 89.7 Å². The Hall–Kier alpha value is -4.08. The number of fused-ring (bicyclic) bond motifs is 3. The van der Waals surface area contributed by atoms with Crippen molar-refractivity contribution in [2.24, 2.45) is 22.9 Å². The van der Waals surface area contributed by atoms with Crippen molar-refractivity contribution in [1.82, 2.24) is 0 Å². The number of benzene rings is 4. The standard InChI is InChI=1S/C47H55NO6S/c1-5-27-51-47-43(55-37-18-7-6-8-19-37)31-41(48-54-46(2,3)4)39-29-34(17-11-13-25-49)38(20-12-14-26-50)44(45(39)47)40-30-36(23-24-42(40)53-47)52-35-22-21-32-15-9-10-16-33(32)28-35/h5-10,15-16,18-19,21-24,28-30,34,38,43-45,49-50H,1,11-14,17,20,25-27,31H2,2-4H3/t34-,38+,43-,44+,45+,47+/m0/s1. The Morgan fingerprint density at radius 1 is 0.873 bits per heavy atom. The summed E-state index contributed by atoms with van der Waals surface area (Å²) in [6, 6.07) is 31.2. The highest BCUT2D eigenvalue weighted by atomic mass is 32.2. The number of ether oxygens (including phenoxy) is 3. The summed E-state index contributed by atoms with van der Waals surface area (Å²) in [6.07, 6.45) is 9.95. The van der Waals surface area contributed by atoms with Gasteiger partial charge in [-0.25, -0.2) is 0 Å². The minimum Gasteiger partial charge on any atom is -0.460 e. The third kappa shape index (κ3) is 8.68. The summed E-state index contributed by atoms with van der Waals surface area (Å²) in [6.45, 7) is 10.8. The minimum absolute atomic E-state index is 0.0226. The van der Waals surface area contributed by atoms with Gasteiger partial charge in [-0.15, -0.1) is 18.3 Å². The van der Waals surface area contributed by atoms with E-state index in [4.69, 9.17) is 24.2 Å². The Morgan fingerprint density at radius 2 is 1.58 bits per heavy atom. The average molecular weight is 762 g/mol. The molecule has 290 valence electrons. The number of unbranched alkanes of at least 4 members (excludes halogenated alkanes) is 2. The van der Waals surface area contributed by atoms with Crippen LogP contribution >= 0.6 is 11.8 Å². The van der Waals surface area contributed by atoms with Crippen LogP contribution < -0.4 is 9.47 Å². The summed E-state index contributed by atoms with van der Waals surface area (Å²) >= 11 is 1.76. The van der Waals surface area contributed by atoms with Gasteiger partial charge in [-0.1, -0.05) is 78.7 Å². The maximum Gasteiger partial charge on any atom is 0.231 e. The lowest BCUT2D eigenvalue weighted by Gasteiger charge is -2.58. The van der Waals surface area contributed by atoms with Crippen LogP contribution in [0, 0.1) is 17.8 Å². The van der Waals surface area contributed by atoms with Crippen LogP contribution in [0.15, 0.2) is 125 Å². The van der Waals surface area contributed by atoms with Gasteiger partial charge in [0.15, 0.2) is 0 Å². The summed E-state index contributed by atoms with van der Waals surface area (Å²) in [5.74, 6) is 1.42. The molecule has 0 amide bonds. The van der Waals surface area contributed by atoms with Gasteiger partial charge in [0.1, 0.15) is 22.8 Å². The first kappa shape index (κ1) is 39.2. The Morgan fingerprint density at radius 3 is 2.33 bits per heavy atom. The molecule has 6 atom stereocenters. The monoisotopic (exact) mass is 761 g/mol. The van der Waals surface area contributed by atoms with Crippen LogP contribution in [0.4, 0.5) is 0 Å². The fraction of sp³-hybridized carbons (Fsp3) is 0.426. The maximum absolute atomic E-state index is 9.93. The van der Waals surface area contributed by atoms with Gasteiger partial charge in [-0.2, -0.15) is 0 Å². The van der Waals surface area contributed by atoms with E-state index < -0.39 is 11.4 Å². The molecule has 4 aromatic rings. The van der Waals surface area contributed by atoms with Crippen molar-refractivity contribution in [2.45, 2.75) is 93.2 Å². The van der Waals surface area contributed by atoms with Gasteiger partial charge in [0.2, 0.25) is 5.79 Å². The third-order valence-electron chi connectivity index (χ3n) is 11.0. The normalized spacial score (nSPS) is 25.1. The zero-order valence-corrected chi connectivity index (χ0v) is 33.2. The van der Waals surface area contributed by atoms with Gasteiger partial charge in [0.05, 0.1) is 23.5 Å². The summed E-state index contributed by atoms with van der Waals surface area (Å²) < 4.78 is 21.1.